The molecule has 15 heavy (non-hydrogen) atoms. The molecule has 1 saturated heterocycles. The Morgan fingerprint density at radius 1 is 1.60 bits per heavy atom. The molecule has 0 spiro atoms. The summed E-state index contributed by atoms with van der Waals surface area (Å²) in [7, 11) is 0. The summed E-state index contributed by atoms with van der Waals surface area (Å²) in [5.41, 5.74) is 8.00. The first kappa shape index (κ1) is 10.6. The third-order valence-corrected chi connectivity index (χ3v) is 3.08. The Morgan fingerprint density at radius 2 is 2.47 bits per heavy atom. The maximum Gasteiger partial charge on any atom is 0.0584 e. The van der Waals surface area contributed by atoms with Crippen LogP contribution in [-0.2, 0) is 13.1 Å². The van der Waals surface area contributed by atoms with Crippen molar-refractivity contribution in [2.75, 3.05) is 13.1 Å². The quantitative estimate of drug-likeness (QED) is 0.810. The molecule has 2 N–H and O–H groups in total. The zero-order valence-corrected chi connectivity index (χ0v) is 9.32. The lowest BCUT2D eigenvalue weighted by Crippen LogP contribution is -2.21. The van der Waals surface area contributed by atoms with Gasteiger partial charge in [0, 0.05) is 25.8 Å². The average Bonchev–Trinajstić information content (AvgIpc) is 2.65. The number of hydrogen-bond donors (Lipinski definition) is 1. The Kier molecular flexibility index (Phi) is 3.34. The van der Waals surface area contributed by atoms with Crippen LogP contribution in [0.1, 0.15) is 24.6 Å². The molecule has 0 amide bonds. The van der Waals surface area contributed by atoms with Gasteiger partial charge in [-0.2, -0.15) is 0 Å². The van der Waals surface area contributed by atoms with Crippen molar-refractivity contribution in [2.24, 2.45) is 11.7 Å². The molecule has 2 rings (SSSR count). The first-order valence-corrected chi connectivity index (χ1v) is 5.65. The van der Waals surface area contributed by atoms with Gasteiger partial charge >= 0.3 is 0 Å². The third-order valence-electron chi connectivity index (χ3n) is 3.08. The van der Waals surface area contributed by atoms with Crippen LogP contribution in [0.5, 0.6) is 0 Å². The lowest BCUT2D eigenvalue weighted by atomic mass is 10.1. The molecule has 1 aromatic heterocycles. The fraction of sp³-hybridized carbons (Fsp3) is 0.583. The predicted molar refractivity (Wildman–Crippen MR) is 61.2 cm³/mol. The molecule has 0 aromatic carbocycles. The molecule has 0 radical (unpaired) electrons. The van der Waals surface area contributed by atoms with Crippen LogP contribution in [0.3, 0.4) is 0 Å². The minimum atomic E-state index is 0.541. The molecule has 1 aliphatic rings. The van der Waals surface area contributed by atoms with E-state index in [-0.39, 0.29) is 0 Å². The highest BCUT2D eigenvalue weighted by atomic mass is 15.1. The smallest absolute Gasteiger partial charge is 0.0584 e. The third kappa shape index (κ3) is 2.55. The molecule has 1 fully saturated rings. The summed E-state index contributed by atoms with van der Waals surface area (Å²) in [5, 5.41) is 0. The standard InChI is InChI=1S/C12H19N3/c1-10-4-6-15(8-10)9-11-3-2-5-14-12(11)7-13/h2-3,5,10H,4,6-9,13H2,1H3. The van der Waals surface area contributed by atoms with Gasteiger partial charge in [0.15, 0.2) is 0 Å². The summed E-state index contributed by atoms with van der Waals surface area (Å²) < 4.78 is 0. The lowest BCUT2D eigenvalue weighted by molar-refractivity contribution is 0.319. The van der Waals surface area contributed by atoms with Crippen LogP contribution in [0.2, 0.25) is 0 Å². The molecule has 3 heteroatoms. The van der Waals surface area contributed by atoms with Crippen LogP contribution in [0.15, 0.2) is 18.3 Å². The highest BCUT2D eigenvalue weighted by Gasteiger charge is 2.19. The zero-order valence-electron chi connectivity index (χ0n) is 9.32. The number of pyridine rings is 1. The van der Waals surface area contributed by atoms with Gasteiger partial charge in [0.1, 0.15) is 0 Å². The van der Waals surface area contributed by atoms with Crippen molar-refractivity contribution in [3.05, 3.63) is 29.6 Å². The molecule has 1 aromatic rings. The van der Waals surface area contributed by atoms with Crippen LogP contribution >= 0.6 is 0 Å². The number of hydrogen-bond acceptors (Lipinski definition) is 3. The average molecular weight is 205 g/mol. The summed E-state index contributed by atoms with van der Waals surface area (Å²) in [4.78, 5) is 6.79. The van der Waals surface area contributed by atoms with Gasteiger partial charge in [-0.15, -0.1) is 0 Å². The van der Waals surface area contributed by atoms with Gasteiger partial charge in [0.2, 0.25) is 0 Å². The van der Waals surface area contributed by atoms with Crippen molar-refractivity contribution in [3.63, 3.8) is 0 Å². The Hall–Kier alpha value is -0.930. The molecule has 0 aliphatic carbocycles. The van der Waals surface area contributed by atoms with Gasteiger partial charge in [-0.05, 0) is 30.5 Å². The normalized spacial score (nSPS) is 22.1. The first-order valence-electron chi connectivity index (χ1n) is 5.65. The molecular weight excluding hydrogens is 186 g/mol. The van der Waals surface area contributed by atoms with E-state index in [1.165, 1.54) is 25.1 Å². The van der Waals surface area contributed by atoms with Crippen LogP contribution in [0.4, 0.5) is 0 Å². The first-order chi connectivity index (χ1) is 7.29. The highest BCUT2D eigenvalue weighted by Crippen LogP contribution is 2.18. The van der Waals surface area contributed by atoms with E-state index in [1.807, 2.05) is 12.3 Å². The van der Waals surface area contributed by atoms with Gasteiger partial charge in [-0.1, -0.05) is 13.0 Å². The second-order valence-corrected chi connectivity index (χ2v) is 4.44. The Balaban J connectivity index is 2.04. The van der Waals surface area contributed by atoms with E-state index < -0.39 is 0 Å². The largest absolute Gasteiger partial charge is 0.325 e. The molecule has 2 heterocycles. The topological polar surface area (TPSA) is 42.2 Å². The second kappa shape index (κ2) is 4.73. The van der Waals surface area contributed by atoms with Crippen molar-refractivity contribution < 1.29 is 0 Å². The molecule has 0 bridgehead atoms. The predicted octanol–water partition coefficient (Wildman–Crippen LogP) is 1.38. The Labute approximate surface area is 91.3 Å². The van der Waals surface area contributed by atoms with Crippen molar-refractivity contribution in [1.82, 2.24) is 9.88 Å². The number of nitrogens with two attached hydrogens (primary N) is 1. The molecule has 82 valence electrons. The maximum atomic E-state index is 5.67. The fourth-order valence-electron chi connectivity index (χ4n) is 2.21. The molecule has 1 unspecified atom stereocenters. The van der Waals surface area contributed by atoms with Gasteiger partial charge in [0.05, 0.1) is 5.69 Å². The summed E-state index contributed by atoms with van der Waals surface area (Å²) in [6.45, 7) is 6.27. The van der Waals surface area contributed by atoms with Gasteiger partial charge in [-0.25, -0.2) is 0 Å². The van der Waals surface area contributed by atoms with Crippen LogP contribution in [0.25, 0.3) is 0 Å². The zero-order chi connectivity index (χ0) is 10.7. The fourth-order valence-corrected chi connectivity index (χ4v) is 2.21. The monoisotopic (exact) mass is 205 g/mol. The summed E-state index contributed by atoms with van der Waals surface area (Å²) in [6, 6.07) is 4.13. The minimum Gasteiger partial charge on any atom is -0.325 e. The van der Waals surface area contributed by atoms with Crippen molar-refractivity contribution in [2.45, 2.75) is 26.4 Å². The van der Waals surface area contributed by atoms with Crippen molar-refractivity contribution in [3.8, 4) is 0 Å². The van der Waals surface area contributed by atoms with Crippen molar-refractivity contribution >= 4 is 0 Å². The number of rotatable bonds is 3. The van der Waals surface area contributed by atoms with Gasteiger partial charge < -0.3 is 5.73 Å². The molecule has 1 aliphatic heterocycles. The SMILES string of the molecule is CC1CCN(Cc2cccnc2CN)C1. The van der Waals surface area contributed by atoms with E-state index >= 15 is 0 Å². The van der Waals surface area contributed by atoms with Gasteiger partial charge in [-0.3, -0.25) is 9.88 Å². The number of aromatic nitrogens is 1. The van der Waals surface area contributed by atoms with E-state index in [1.54, 1.807) is 0 Å². The van der Waals surface area contributed by atoms with E-state index in [4.69, 9.17) is 5.73 Å². The van der Waals surface area contributed by atoms with Crippen LogP contribution < -0.4 is 5.73 Å². The summed E-state index contributed by atoms with van der Waals surface area (Å²) >= 11 is 0. The van der Waals surface area contributed by atoms with E-state index in [0.717, 1.165) is 18.2 Å². The Morgan fingerprint density at radius 3 is 3.13 bits per heavy atom. The van der Waals surface area contributed by atoms with E-state index in [9.17, 15) is 0 Å². The van der Waals surface area contributed by atoms with Crippen molar-refractivity contribution in [1.29, 1.82) is 0 Å². The van der Waals surface area contributed by atoms with Gasteiger partial charge in [0.25, 0.3) is 0 Å². The van der Waals surface area contributed by atoms with E-state index in [2.05, 4.69) is 22.9 Å². The Bertz CT molecular complexity index is 324. The number of likely N-dealkylation sites (tertiary alicyclic amines) is 1. The number of nitrogens with zero attached hydrogens (tertiary/aromatic N) is 2. The summed E-state index contributed by atoms with van der Waals surface area (Å²) in [6.07, 6.45) is 3.14. The molecule has 0 saturated carbocycles. The molecule has 1 atom stereocenters. The minimum absolute atomic E-state index is 0.541. The second-order valence-electron chi connectivity index (χ2n) is 4.44. The summed E-state index contributed by atoms with van der Waals surface area (Å²) in [5.74, 6) is 0.836. The molecule has 3 nitrogen and oxygen atoms in total. The lowest BCUT2D eigenvalue weighted by Gasteiger charge is -2.16. The molecular formula is C12H19N3. The van der Waals surface area contributed by atoms with E-state index in [0.29, 0.717) is 6.54 Å². The van der Waals surface area contributed by atoms with Crippen LogP contribution in [-0.4, -0.2) is 23.0 Å². The maximum absolute atomic E-state index is 5.67. The van der Waals surface area contributed by atoms with Crippen LogP contribution in [0, 0.1) is 5.92 Å². The highest BCUT2D eigenvalue weighted by molar-refractivity contribution is 5.19.